The first-order chi connectivity index (χ1) is 8.19. The maximum Gasteiger partial charge on any atom is 0.0951 e. The Balaban J connectivity index is 1.64. The highest BCUT2D eigenvalue weighted by Gasteiger charge is 2.44. The summed E-state index contributed by atoms with van der Waals surface area (Å²) in [7, 11) is 0. The second kappa shape index (κ2) is 4.50. The van der Waals surface area contributed by atoms with Gasteiger partial charge in [0.1, 0.15) is 0 Å². The molecule has 3 saturated heterocycles. The molecule has 3 rings (SSSR count). The summed E-state index contributed by atoms with van der Waals surface area (Å²) in [6.07, 6.45) is 3.35. The average molecular weight is 240 g/mol. The van der Waals surface area contributed by atoms with Crippen molar-refractivity contribution in [3.05, 3.63) is 0 Å². The third-order valence-corrected chi connectivity index (χ3v) is 4.75. The number of nitrogens with two attached hydrogens (primary N) is 1. The molecule has 0 aromatic carbocycles. The van der Waals surface area contributed by atoms with Crippen molar-refractivity contribution in [1.82, 2.24) is 4.90 Å². The van der Waals surface area contributed by atoms with Crippen molar-refractivity contribution in [3.8, 4) is 0 Å². The van der Waals surface area contributed by atoms with E-state index in [0.717, 1.165) is 52.2 Å². The highest BCUT2D eigenvalue weighted by molar-refractivity contribution is 4.96. The van der Waals surface area contributed by atoms with Crippen LogP contribution in [0.1, 0.15) is 26.2 Å². The van der Waals surface area contributed by atoms with Crippen molar-refractivity contribution in [2.45, 2.75) is 43.9 Å². The SMILES string of the molecule is CC1CN(C2CCOC3(CCOC3)C2)CC1N. The summed E-state index contributed by atoms with van der Waals surface area (Å²) in [5, 5.41) is 0. The number of ether oxygens (including phenoxy) is 2. The van der Waals surface area contributed by atoms with Crippen molar-refractivity contribution < 1.29 is 9.47 Å². The van der Waals surface area contributed by atoms with Crippen molar-refractivity contribution in [2.75, 3.05) is 32.9 Å². The standard InChI is InChI=1S/C13H24N2O2/c1-10-7-15(8-12(10)14)11-2-4-17-13(6-11)3-5-16-9-13/h10-12H,2-9,14H2,1H3. The van der Waals surface area contributed by atoms with Crippen LogP contribution >= 0.6 is 0 Å². The quantitative estimate of drug-likeness (QED) is 0.729. The van der Waals surface area contributed by atoms with Gasteiger partial charge in [0.25, 0.3) is 0 Å². The molecule has 0 amide bonds. The van der Waals surface area contributed by atoms with Gasteiger partial charge in [0.15, 0.2) is 0 Å². The topological polar surface area (TPSA) is 47.7 Å². The molecule has 4 unspecified atom stereocenters. The molecule has 4 atom stereocenters. The zero-order valence-electron chi connectivity index (χ0n) is 10.7. The van der Waals surface area contributed by atoms with Gasteiger partial charge in [-0.25, -0.2) is 0 Å². The van der Waals surface area contributed by atoms with Gasteiger partial charge < -0.3 is 15.2 Å². The van der Waals surface area contributed by atoms with E-state index in [-0.39, 0.29) is 5.60 Å². The second-order valence-electron chi connectivity index (χ2n) is 6.08. The first-order valence-electron chi connectivity index (χ1n) is 6.90. The lowest BCUT2D eigenvalue weighted by Gasteiger charge is -2.41. The zero-order chi connectivity index (χ0) is 11.9. The number of hydrogen-bond acceptors (Lipinski definition) is 4. The molecule has 3 aliphatic heterocycles. The van der Waals surface area contributed by atoms with E-state index in [9.17, 15) is 0 Å². The highest BCUT2D eigenvalue weighted by Crippen LogP contribution is 2.36. The minimum absolute atomic E-state index is 0.0266. The normalized spacial score (nSPS) is 48.0. The lowest BCUT2D eigenvalue weighted by Crippen LogP contribution is -2.49. The molecule has 17 heavy (non-hydrogen) atoms. The van der Waals surface area contributed by atoms with Crippen molar-refractivity contribution >= 4 is 0 Å². The Bertz CT molecular complexity index is 269. The summed E-state index contributed by atoms with van der Waals surface area (Å²) in [4.78, 5) is 2.58. The van der Waals surface area contributed by atoms with Gasteiger partial charge in [0.2, 0.25) is 0 Å². The van der Waals surface area contributed by atoms with Crippen molar-refractivity contribution in [3.63, 3.8) is 0 Å². The van der Waals surface area contributed by atoms with Crippen LogP contribution < -0.4 is 5.73 Å². The minimum atomic E-state index is 0.0266. The van der Waals surface area contributed by atoms with Crippen molar-refractivity contribution in [2.24, 2.45) is 11.7 Å². The summed E-state index contributed by atoms with van der Waals surface area (Å²) in [5.41, 5.74) is 6.15. The van der Waals surface area contributed by atoms with Crippen LogP contribution in [-0.2, 0) is 9.47 Å². The molecule has 3 aliphatic rings. The molecule has 2 N–H and O–H groups in total. The summed E-state index contributed by atoms with van der Waals surface area (Å²) in [6.45, 7) is 7.01. The summed E-state index contributed by atoms with van der Waals surface area (Å²) in [5.74, 6) is 0.633. The van der Waals surface area contributed by atoms with Gasteiger partial charge in [-0.2, -0.15) is 0 Å². The van der Waals surface area contributed by atoms with Gasteiger partial charge in [-0.1, -0.05) is 6.92 Å². The molecule has 3 fully saturated rings. The molecule has 0 aliphatic carbocycles. The summed E-state index contributed by atoms with van der Waals surface area (Å²) < 4.78 is 11.5. The van der Waals surface area contributed by atoms with E-state index in [1.54, 1.807) is 0 Å². The van der Waals surface area contributed by atoms with Crippen LogP contribution in [0.15, 0.2) is 0 Å². The monoisotopic (exact) mass is 240 g/mol. The van der Waals surface area contributed by atoms with Gasteiger partial charge >= 0.3 is 0 Å². The Hall–Kier alpha value is -0.160. The second-order valence-corrected chi connectivity index (χ2v) is 6.08. The van der Waals surface area contributed by atoms with E-state index in [0.29, 0.717) is 18.0 Å². The molecule has 3 heterocycles. The Kier molecular flexibility index (Phi) is 3.15. The Labute approximate surface area is 103 Å². The largest absolute Gasteiger partial charge is 0.378 e. The van der Waals surface area contributed by atoms with Crippen LogP contribution in [0.4, 0.5) is 0 Å². The van der Waals surface area contributed by atoms with E-state index >= 15 is 0 Å². The fourth-order valence-electron chi connectivity index (χ4n) is 3.51. The number of nitrogens with zero attached hydrogens (tertiary/aromatic N) is 1. The molecule has 4 heteroatoms. The molecule has 98 valence electrons. The van der Waals surface area contributed by atoms with Crippen LogP contribution in [0.3, 0.4) is 0 Å². The molecule has 4 nitrogen and oxygen atoms in total. The average Bonchev–Trinajstić information content (AvgIpc) is 2.88. The maximum absolute atomic E-state index is 6.12. The van der Waals surface area contributed by atoms with Gasteiger partial charge in [-0.15, -0.1) is 0 Å². The Morgan fingerprint density at radius 2 is 2.18 bits per heavy atom. The summed E-state index contributed by atoms with van der Waals surface area (Å²) >= 11 is 0. The maximum atomic E-state index is 6.12. The molecule has 0 radical (unpaired) electrons. The van der Waals surface area contributed by atoms with E-state index in [4.69, 9.17) is 15.2 Å². The van der Waals surface area contributed by atoms with Gasteiger partial charge in [0, 0.05) is 44.8 Å². The molecule has 0 aromatic rings. The predicted molar refractivity (Wildman–Crippen MR) is 65.9 cm³/mol. The van der Waals surface area contributed by atoms with E-state index in [1.807, 2.05) is 0 Å². The van der Waals surface area contributed by atoms with Crippen LogP contribution in [0.25, 0.3) is 0 Å². The van der Waals surface area contributed by atoms with Gasteiger partial charge in [-0.05, 0) is 18.8 Å². The van der Waals surface area contributed by atoms with E-state index in [2.05, 4.69) is 11.8 Å². The lowest BCUT2D eigenvalue weighted by atomic mass is 9.89. The van der Waals surface area contributed by atoms with E-state index in [1.165, 1.54) is 0 Å². The van der Waals surface area contributed by atoms with Gasteiger partial charge in [-0.3, -0.25) is 4.90 Å². The fraction of sp³-hybridized carbons (Fsp3) is 1.00. The third kappa shape index (κ3) is 2.24. The number of likely N-dealkylation sites (tertiary alicyclic amines) is 1. The highest BCUT2D eigenvalue weighted by atomic mass is 16.6. The molecular formula is C13H24N2O2. The molecule has 1 spiro atoms. The molecule has 0 bridgehead atoms. The lowest BCUT2D eigenvalue weighted by molar-refractivity contribution is -0.104. The molecule has 0 aromatic heterocycles. The number of rotatable bonds is 1. The van der Waals surface area contributed by atoms with E-state index < -0.39 is 0 Å². The predicted octanol–water partition coefficient (Wildman–Crippen LogP) is 0.604. The number of hydrogen-bond donors (Lipinski definition) is 1. The first kappa shape index (κ1) is 11.9. The fourth-order valence-corrected chi connectivity index (χ4v) is 3.51. The smallest absolute Gasteiger partial charge is 0.0951 e. The molecular weight excluding hydrogens is 216 g/mol. The van der Waals surface area contributed by atoms with Crippen molar-refractivity contribution in [1.29, 1.82) is 0 Å². The Morgan fingerprint density at radius 1 is 1.29 bits per heavy atom. The minimum Gasteiger partial charge on any atom is -0.378 e. The van der Waals surface area contributed by atoms with Gasteiger partial charge in [0.05, 0.1) is 12.2 Å². The first-order valence-corrected chi connectivity index (χ1v) is 6.90. The van der Waals surface area contributed by atoms with Crippen LogP contribution in [-0.4, -0.2) is 55.5 Å². The Morgan fingerprint density at radius 3 is 2.82 bits per heavy atom. The van der Waals surface area contributed by atoms with Crippen LogP contribution in [0.2, 0.25) is 0 Å². The zero-order valence-corrected chi connectivity index (χ0v) is 10.7. The third-order valence-electron chi connectivity index (χ3n) is 4.75. The molecule has 0 saturated carbocycles. The van der Waals surface area contributed by atoms with Crippen LogP contribution in [0, 0.1) is 5.92 Å². The van der Waals surface area contributed by atoms with Crippen LogP contribution in [0.5, 0.6) is 0 Å². The summed E-state index contributed by atoms with van der Waals surface area (Å²) in [6, 6.07) is 1.01.